The van der Waals surface area contributed by atoms with Crippen molar-refractivity contribution in [2.45, 2.75) is 32.2 Å². The molecule has 3 heteroatoms. The van der Waals surface area contributed by atoms with Gasteiger partial charge in [0.15, 0.2) is 0 Å². The highest BCUT2D eigenvalue weighted by Crippen LogP contribution is 2.40. The van der Waals surface area contributed by atoms with Crippen molar-refractivity contribution in [2.75, 3.05) is 0 Å². The van der Waals surface area contributed by atoms with Gasteiger partial charge in [-0.1, -0.05) is 31.5 Å². The van der Waals surface area contributed by atoms with Crippen LogP contribution >= 0.6 is 0 Å². The highest BCUT2D eigenvalue weighted by molar-refractivity contribution is 5.85. The first-order valence-electron chi connectivity index (χ1n) is 7.08. The van der Waals surface area contributed by atoms with Gasteiger partial charge in [0.25, 0.3) is 0 Å². The topological polar surface area (TPSA) is 50.9 Å². The molecule has 1 aliphatic rings. The van der Waals surface area contributed by atoms with Crippen LogP contribution in [0, 0.1) is 11.8 Å². The molecule has 3 atom stereocenters. The Kier molecular flexibility index (Phi) is 3.49. The lowest BCUT2D eigenvalue weighted by atomic mass is 9.89. The van der Waals surface area contributed by atoms with Gasteiger partial charge in [-0.2, -0.15) is 0 Å². The molecule has 3 nitrogen and oxygen atoms in total. The van der Waals surface area contributed by atoms with Crippen LogP contribution < -0.4 is 11.3 Å². The van der Waals surface area contributed by atoms with E-state index in [1.165, 1.54) is 35.6 Å². The predicted molar refractivity (Wildman–Crippen MR) is 78.3 cm³/mol. The van der Waals surface area contributed by atoms with Crippen LogP contribution in [0.3, 0.4) is 0 Å². The number of rotatable bonds is 3. The third-order valence-electron chi connectivity index (χ3n) is 4.44. The lowest BCUT2D eigenvalue weighted by Crippen LogP contribution is -2.33. The molecule has 0 saturated heterocycles. The Morgan fingerprint density at radius 2 is 2.21 bits per heavy atom. The van der Waals surface area contributed by atoms with E-state index in [9.17, 15) is 0 Å². The summed E-state index contributed by atoms with van der Waals surface area (Å²) in [4.78, 5) is 4.20. The number of nitrogens with zero attached hydrogens (tertiary/aromatic N) is 1. The average molecular weight is 255 g/mol. The van der Waals surface area contributed by atoms with Gasteiger partial charge < -0.3 is 0 Å². The first kappa shape index (κ1) is 12.6. The van der Waals surface area contributed by atoms with Crippen molar-refractivity contribution in [1.29, 1.82) is 0 Å². The number of aromatic nitrogens is 1. The number of hydrogen-bond donors (Lipinski definition) is 2. The van der Waals surface area contributed by atoms with E-state index in [2.05, 4.69) is 41.6 Å². The molecule has 1 fully saturated rings. The van der Waals surface area contributed by atoms with Crippen LogP contribution in [-0.4, -0.2) is 4.98 Å². The zero-order chi connectivity index (χ0) is 13.2. The van der Waals surface area contributed by atoms with Gasteiger partial charge in [-0.3, -0.25) is 16.3 Å². The smallest absolute Gasteiger partial charge is 0.0494 e. The Morgan fingerprint density at radius 1 is 1.32 bits per heavy atom. The number of pyridine rings is 1. The maximum atomic E-state index is 5.86. The van der Waals surface area contributed by atoms with E-state index in [0.717, 1.165) is 5.92 Å². The van der Waals surface area contributed by atoms with Crippen molar-refractivity contribution in [3.05, 3.63) is 42.2 Å². The van der Waals surface area contributed by atoms with Crippen LogP contribution in [0.2, 0.25) is 0 Å². The Bertz CT molecular complexity index is 561. The molecular formula is C16H21N3. The predicted octanol–water partition coefficient (Wildman–Crippen LogP) is 3.18. The van der Waals surface area contributed by atoms with E-state index in [0.29, 0.717) is 5.92 Å². The number of fused-ring (bicyclic) bond motifs is 1. The van der Waals surface area contributed by atoms with Crippen LogP contribution in [0.1, 0.15) is 37.8 Å². The summed E-state index contributed by atoms with van der Waals surface area (Å²) in [5.74, 6) is 7.31. The van der Waals surface area contributed by atoms with Crippen molar-refractivity contribution in [1.82, 2.24) is 10.4 Å². The fourth-order valence-electron chi connectivity index (χ4n) is 3.45. The van der Waals surface area contributed by atoms with Crippen molar-refractivity contribution in [3.8, 4) is 0 Å². The molecule has 100 valence electrons. The third-order valence-corrected chi connectivity index (χ3v) is 4.44. The molecule has 1 saturated carbocycles. The number of hydrogen-bond acceptors (Lipinski definition) is 3. The summed E-state index contributed by atoms with van der Waals surface area (Å²) in [6.07, 6.45) is 7.61. The molecule has 3 N–H and O–H groups in total. The maximum absolute atomic E-state index is 5.86. The molecule has 1 heterocycles. The van der Waals surface area contributed by atoms with Crippen molar-refractivity contribution < 1.29 is 0 Å². The lowest BCUT2D eigenvalue weighted by molar-refractivity contribution is 0.366. The quantitative estimate of drug-likeness (QED) is 0.654. The number of hydrazine groups is 1. The van der Waals surface area contributed by atoms with Gasteiger partial charge in [-0.25, -0.2) is 0 Å². The van der Waals surface area contributed by atoms with E-state index in [1.54, 1.807) is 0 Å². The highest BCUT2D eigenvalue weighted by Gasteiger charge is 2.29. The Balaban J connectivity index is 2.01. The summed E-state index contributed by atoms with van der Waals surface area (Å²) in [7, 11) is 0. The molecule has 2 aromatic rings. The summed E-state index contributed by atoms with van der Waals surface area (Å²) in [5, 5.41) is 2.45. The van der Waals surface area contributed by atoms with Gasteiger partial charge in [0, 0.05) is 23.8 Å². The van der Waals surface area contributed by atoms with Crippen molar-refractivity contribution in [3.63, 3.8) is 0 Å². The minimum atomic E-state index is 0.246. The molecule has 0 spiro atoms. The number of benzene rings is 1. The lowest BCUT2D eigenvalue weighted by Gasteiger charge is -2.24. The van der Waals surface area contributed by atoms with Crippen LogP contribution in [0.4, 0.5) is 0 Å². The first-order valence-corrected chi connectivity index (χ1v) is 7.08. The van der Waals surface area contributed by atoms with E-state index in [4.69, 9.17) is 5.84 Å². The molecule has 1 aromatic carbocycles. The van der Waals surface area contributed by atoms with Gasteiger partial charge in [-0.05, 0) is 41.7 Å². The minimum absolute atomic E-state index is 0.246. The molecule has 1 aliphatic carbocycles. The van der Waals surface area contributed by atoms with Crippen molar-refractivity contribution >= 4 is 10.8 Å². The summed E-state index contributed by atoms with van der Waals surface area (Å²) in [6.45, 7) is 2.33. The van der Waals surface area contributed by atoms with E-state index >= 15 is 0 Å². The Labute approximate surface area is 114 Å². The second-order valence-corrected chi connectivity index (χ2v) is 5.77. The third kappa shape index (κ3) is 2.36. The van der Waals surface area contributed by atoms with Crippen LogP contribution in [-0.2, 0) is 0 Å². The zero-order valence-corrected chi connectivity index (χ0v) is 11.3. The van der Waals surface area contributed by atoms with Crippen LogP contribution in [0.15, 0.2) is 36.7 Å². The standard InChI is InChI=1S/C16H21N3/c1-11-5-6-12(9-11)16(19-17)15-4-2-3-13-10-18-8-7-14(13)15/h2-4,7-8,10-12,16,19H,5-6,9,17H2,1H3. The summed E-state index contributed by atoms with van der Waals surface area (Å²) in [5.41, 5.74) is 4.36. The van der Waals surface area contributed by atoms with Gasteiger partial charge in [0.2, 0.25) is 0 Å². The second kappa shape index (κ2) is 5.27. The van der Waals surface area contributed by atoms with Gasteiger partial charge >= 0.3 is 0 Å². The molecule has 0 amide bonds. The monoisotopic (exact) mass is 255 g/mol. The van der Waals surface area contributed by atoms with Crippen LogP contribution in [0.5, 0.6) is 0 Å². The first-order chi connectivity index (χ1) is 9.29. The number of nitrogens with one attached hydrogen (secondary N) is 1. The molecule has 0 radical (unpaired) electrons. The SMILES string of the molecule is CC1CCC(C(NN)c2cccc3cnccc23)C1. The largest absolute Gasteiger partial charge is 0.271 e. The molecule has 0 aliphatic heterocycles. The van der Waals surface area contributed by atoms with E-state index in [1.807, 2.05) is 12.4 Å². The Hall–Kier alpha value is -1.45. The van der Waals surface area contributed by atoms with Crippen molar-refractivity contribution in [2.24, 2.45) is 17.7 Å². The van der Waals surface area contributed by atoms with Gasteiger partial charge in [0.1, 0.15) is 0 Å². The molecule has 0 bridgehead atoms. The summed E-state index contributed by atoms with van der Waals surface area (Å²) < 4.78 is 0. The minimum Gasteiger partial charge on any atom is -0.271 e. The van der Waals surface area contributed by atoms with Crippen LogP contribution in [0.25, 0.3) is 10.8 Å². The van der Waals surface area contributed by atoms with E-state index in [-0.39, 0.29) is 6.04 Å². The molecular weight excluding hydrogens is 234 g/mol. The maximum Gasteiger partial charge on any atom is 0.0494 e. The average Bonchev–Trinajstić information content (AvgIpc) is 2.86. The van der Waals surface area contributed by atoms with E-state index < -0.39 is 0 Å². The molecule has 3 rings (SSSR count). The van der Waals surface area contributed by atoms with Gasteiger partial charge in [0.05, 0.1) is 0 Å². The summed E-state index contributed by atoms with van der Waals surface area (Å²) >= 11 is 0. The number of nitrogens with two attached hydrogens (primary N) is 1. The second-order valence-electron chi connectivity index (χ2n) is 5.77. The fourth-order valence-corrected chi connectivity index (χ4v) is 3.45. The highest BCUT2D eigenvalue weighted by atomic mass is 15.2. The van der Waals surface area contributed by atoms with Gasteiger partial charge in [-0.15, -0.1) is 0 Å². The molecule has 19 heavy (non-hydrogen) atoms. The molecule has 1 aromatic heterocycles. The normalized spacial score (nSPS) is 24.7. The molecule has 3 unspecified atom stereocenters. The fraction of sp³-hybridized carbons (Fsp3) is 0.438. The zero-order valence-electron chi connectivity index (χ0n) is 11.3. The Morgan fingerprint density at radius 3 is 2.95 bits per heavy atom. The summed E-state index contributed by atoms with van der Waals surface area (Å²) in [6, 6.07) is 8.73.